The summed E-state index contributed by atoms with van der Waals surface area (Å²) >= 11 is 5.79. The number of anilines is 1. The summed E-state index contributed by atoms with van der Waals surface area (Å²) in [5.74, 6) is -1.68. The Morgan fingerprint density at radius 1 is 1.16 bits per heavy atom. The van der Waals surface area contributed by atoms with Gasteiger partial charge in [0, 0.05) is 16.3 Å². The maximum Gasteiger partial charge on any atom is 0.439 e. The predicted octanol–water partition coefficient (Wildman–Crippen LogP) is 4.14. The van der Waals surface area contributed by atoms with Gasteiger partial charge in [-0.25, -0.2) is 9.48 Å². The Bertz CT molecular complexity index is 1310. The number of hydrogen-bond donors (Lipinski definition) is 2. The van der Waals surface area contributed by atoms with E-state index in [9.17, 15) is 22.8 Å². The van der Waals surface area contributed by atoms with Crippen molar-refractivity contribution in [3.8, 4) is 17.1 Å². The molecule has 158 valence electrons. The van der Waals surface area contributed by atoms with Crippen molar-refractivity contribution in [2.45, 2.75) is 6.18 Å². The lowest BCUT2D eigenvalue weighted by molar-refractivity contribution is -0.143. The molecule has 0 fully saturated rings. The number of H-pyrrole nitrogens is 1. The van der Waals surface area contributed by atoms with Crippen LogP contribution in [0.5, 0.6) is 0 Å². The Balaban J connectivity index is 1.68. The number of nitrogens with zero attached hydrogens (tertiary/aromatic N) is 3. The second-order valence-corrected chi connectivity index (χ2v) is 6.71. The van der Waals surface area contributed by atoms with E-state index in [-0.39, 0.29) is 17.2 Å². The van der Waals surface area contributed by atoms with Gasteiger partial charge in [-0.15, -0.1) is 0 Å². The molecule has 2 aromatic heterocycles. The SMILES string of the molecule is O=C(Nc1cccc(-c2noc(=O)[nH]2)c1)c1cnn(-c2ccc(Cl)cc2)c1C(F)(F)F. The summed E-state index contributed by atoms with van der Waals surface area (Å²) in [7, 11) is 0. The molecule has 1 amide bonds. The fraction of sp³-hybridized carbons (Fsp3) is 0.0526. The third-order valence-electron chi connectivity index (χ3n) is 4.19. The number of carbonyl (C=O) groups excluding carboxylic acids is 1. The number of carbonyl (C=O) groups is 1. The fourth-order valence-electron chi connectivity index (χ4n) is 2.86. The van der Waals surface area contributed by atoms with Crippen molar-refractivity contribution in [1.29, 1.82) is 0 Å². The molecule has 0 aliphatic rings. The second kappa shape index (κ2) is 7.76. The molecule has 2 aromatic carbocycles. The molecule has 0 spiro atoms. The van der Waals surface area contributed by atoms with E-state index in [1.807, 2.05) is 0 Å². The first-order valence-corrected chi connectivity index (χ1v) is 8.99. The first-order chi connectivity index (χ1) is 14.7. The zero-order valence-corrected chi connectivity index (χ0v) is 16.0. The van der Waals surface area contributed by atoms with Gasteiger partial charge in [0.15, 0.2) is 11.5 Å². The van der Waals surface area contributed by atoms with Crippen molar-refractivity contribution in [2.75, 3.05) is 5.32 Å². The van der Waals surface area contributed by atoms with Gasteiger partial charge in [0.2, 0.25) is 0 Å². The minimum absolute atomic E-state index is 0.0905. The van der Waals surface area contributed by atoms with E-state index in [0.717, 1.165) is 6.20 Å². The van der Waals surface area contributed by atoms with Crippen LogP contribution in [0.15, 0.2) is 64.0 Å². The molecule has 2 N–H and O–H groups in total. The van der Waals surface area contributed by atoms with E-state index in [2.05, 4.69) is 25.1 Å². The van der Waals surface area contributed by atoms with Gasteiger partial charge in [0.1, 0.15) is 0 Å². The Hall–Kier alpha value is -3.86. The predicted molar refractivity (Wildman–Crippen MR) is 104 cm³/mol. The number of benzene rings is 2. The smallest absolute Gasteiger partial charge is 0.322 e. The highest BCUT2D eigenvalue weighted by atomic mass is 35.5. The summed E-state index contributed by atoms with van der Waals surface area (Å²) in [5, 5.41) is 10.0. The minimum Gasteiger partial charge on any atom is -0.322 e. The average molecular weight is 450 g/mol. The second-order valence-electron chi connectivity index (χ2n) is 6.27. The van der Waals surface area contributed by atoms with Gasteiger partial charge in [0.25, 0.3) is 5.91 Å². The lowest BCUT2D eigenvalue weighted by Crippen LogP contribution is -2.20. The lowest BCUT2D eigenvalue weighted by atomic mass is 10.1. The number of aromatic nitrogens is 4. The quantitative estimate of drug-likeness (QED) is 0.487. The largest absolute Gasteiger partial charge is 0.439 e. The van der Waals surface area contributed by atoms with Gasteiger partial charge >= 0.3 is 11.9 Å². The van der Waals surface area contributed by atoms with Crippen molar-refractivity contribution in [3.05, 3.63) is 81.6 Å². The first-order valence-electron chi connectivity index (χ1n) is 8.61. The van der Waals surface area contributed by atoms with Gasteiger partial charge in [0.05, 0.1) is 17.4 Å². The summed E-state index contributed by atoms with van der Waals surface area (Å²) < 4.78 is 46.4. The van der Waals surface area contributed by atoms with Crippen LogP contribution in [-0.2, 0) is 6.18 Å². The monoisotopic (exact) mass is 449 g/mol. The van der Waals surface area contributed by atoms with Crippen molar-refractivity contribution in [2.24, 2.45) is 0 Å². The molecule has 0 radical (unpaired) electrons. The molecule has 4 aromatic rings. The number of rotatable bonds is 4. The van der Waals surface area contributed by atoms with E-state index < -0.39 is 29.1 Å². The molecule has 0 atom stereocenters. The zero-order valence-electron chi connectivity index (χ0n) is 15.3. The number of hydrogen-bond acceptors (Lipinski definition) is 5. The molecule has 2 heterocycles. The van der Waals surface area contributed by atoms with Crippen molar-refractivity contribution in [1.82, 2.24) is 19.9 Å². The molecular formula is C19H11ClF3N5O3. The fourth-order valence-corrected chi connectivity index (χ4v) is 2.99. The summed E-state index contributed by atoms with van der Waals surface area (Å²) in [5.41, 5.74) is -1.24. The lowest BCUT2D eigenvalue weighted by Gasteiger charge is -2.13. The van der Waals surface area contributed by atoms with Crippen molar-refractivity contribution < 1.29 is 22.5 Å². The van der Waals surface area contributed by atoms with Gasteiger partial charge in [-0.05, 0) is 36.4 Å². The Labute approximate surface area is 176 Å². The summed E-state index contributed by atoms with van der Waals surface area (Å²) in [6.45, 7) is 0. The summed E-state index contributed by atoms with van der Waals surface area (Å²) in [6.07, 6.45) is -4.02. The molecule has 0 saturated heterocycles. The van der Waals surface area contributed by atoms with E-state index in [1.165, 1.54) is 42.5 Å². The van der Waals surface area contributed by atoms with Gasteiger partial charge in [-0.1, -0.05) is 28.9 Å². The summed E-state index contributed by atoms with van der Waals surface area (Å²) in [4.78, 5) is 26.1. The Kier molecular flexibility index (Phi) is 5.11. The van der Waals surface area contributed by atoms with E-state index in [0.29, 0.717) is 15.3 Å². The van der Waals surface area contributed by atoms with Crippen molar-refractivity contribution in [3.63, 3.8) is 0 Å². The number of nitrogens with one attached hydrogen (secondary N) is 2. The Morgan fingerprint density at radius 3 is 2.55 bits per heavy atom. The van der Waals surface area contributed by atoms with Gasteiger partial charge in [-0.3, -0.25) is 14.3 Å². The van der Waals surface area contributed by atoms with E-state index in [1.54, 1.807) is 6.07 Å². The molecule has 4 rings (SSSR count). The zero-order chi connectivity index (χ0) is 22.2. The maximum absolute atomic E-state index is 13.8. The average Bonchev–Trinajstić information content (AvgIpc) is 3.35. The van der Waals surface area contributed by atoms with E-state index in [4.69, 9.17) is 11.6 Å². The molecule has 0 bridgehead atoms. The van der Waals surface area contributed by atoms with Crippen molar-refractivity contribution >= 4 is 23.2 Å². The maximum atomic E-state index is 13.8. The summed E-state index contributed by atoms with van der Waals surface area (Å²) in [6, 6.07) is 11.5. The molecule has 0 saturated carbocycles. The normalized spacial score (nSPS) is 11.5. The third kappa shape index (κ3) is 4.21. The molecule has 0 aliphatic carbocycles. The molecule has 0 aliphatic heterocycles. The van der Waals surface area contributed by atoms with Crippen LogP contribution in [0.3, 0.4) is 0 Å². The standard InChI is InChI=1S/C19H11ClF3N5O3/c20-11-4-6-13(7-5-11)28-15(19(21,22)23)14(9-24-28)17(29)25-12-3-1-2-10(8-12)16-26-18(30)31-27-16/h1-9H,(H,25,29)(H,26,27,30). The van der Waals surface area contributed by atoms with Gasteiger partial charge < -0.3 is 5.32 Å². The molecule has 8 nitrogen and oxygen atoms in total. The van der Waals surface area contributed by atoms with Crippen LogP contribution >= 0.6 is 11.6 Å². The first kappa shape index (κ1) is 20.4. The van der Waals surface area contributed by atoms with Gasteiger partial charge in [-0.2, -0.15) is 18.3 Å². The van der Waals surface area contributed by atoms with Crippen LogP contribution in [0.2, 0.25) is 5.02 Å². The van der Waals surface area contributed by atoms with Crippen LogP contribution in [0.4, 0.5) is 18.9 Å². The molecule has 31 heavy (non-hydrogen) atoms. The van der Waals surface area contributed by atoms with Crippen LogP contribution in [0.25, 0.3) is 17.1 Å². The van der Waals surface area contributed by atoms with Crippen LogP contribution < -0.4 is 11.1 Å². The third-order valence-corrected chi connectivity index (χ3v) is 4.44. The minimum atomic E-state index is -4.86. The highest BCUT2D eigenvalue weighted by Gasteiger charge is 2.40. The van der Waals surface area contributed by atoms with Crippen LogP contribution in [0, 0.1) is 0 Å². The highest BCUT2D eigenvalue weighted by Crippen LogP contribution is 2.34. The number of amides is 1. The molecule has 12 heteroatoms. The Morgan fingerprint density at radius 2 is 1.90 bits per heavy atom. The number of alkyl halides is 3. The highest BCUT2D eigenvalue weighted by molar-refractivity contribution is 6.30. The molecule has 0 unspecified atom stereocenters. The number of halogens is 4. The van der Waals surface area contributed by atoms with Crippen LogP contribution in [0.1, 0.15) is 16.1 Å². The topological polar surface area (TPSA) is 106 Å². The van der Waals surface area contributed by atoms with Crippen LogP contribution in [-0.4, -0.2) is 25.8 Å². The number of aromatic amines is 1. The van der Waals surface area contributed by atoms with E-state index >= 15 is 0 Å². The molecular weight excluding hydrogens is 439 g/mol.